The summed E-state index contributed by atoms with van der Waals surface area (Å²) in [6.07, 6.45) is 0.838. The second kappa shape index (κ2) is 7.87. The third-order valence-corrected chi connectivity index (χ3v) is 5.26. The Morgan fingerprint density at radius 3 is 2.36 bits per heavy atom. The highest BCUT2D eigenvalue weighted by Crippen LogP contribution is 2.27. The van der Waals surface area contributed by atoms with Gasteiger partial charge in [0.1, 0.15) is 11.3 Å². The van der Waals surface area contributed by atoms with E-state index in [1.165, 1.54) is 6.92 Å². The van der Waals surface area contributed by atoms with Crippen molar-refractivity contribution in [3.05, 3.63) is 29.8 Å². The van der Waals surface area contributed by atoms with Crippen LogP contribution >= 0.6 is 0 Å². The third-order valence-electron chi connectivity index (χ3n) is 5.26. The minimum atomic E-state index is -0.916. The van der Waals surface area contributed by atoms with Crippen molar-refractivity contribution in [1.82, 2.24) is 20.9 Å². The molecule has 2 saturated heterocycles. The number of hydrogen-bond acceptors (Lipinski definition) is 5. The zero-order chi connectivity index (χ0) is 20.3. The van der Waals surface area contributed by atoms with E-state index in [0.717, 1.165) is 5.56 Å². The topological polar surface area (TPSA) is 117 Å². The smallest absolute Gasteiger partial charge is 0.322 e. The van der Waals surface area contributed by atoms with Gasteiger partial charge in [-0.3, -0.25) is 19.7 Å². The van der Waals surface area contributed by atoms with Crippen LogP contribution in [0.15, 0.2) is 24.3 Å². The van der Waals surface area contributed by atoms with E-state index in [4.69, 9.17) is 4.74 Å². The summed E-state index contributed by atoms with van der Waals surface area (Å²) in [6, 6.07) is 6.24. The quantitative estimate of drug-likeness (QED) is 0.634. The van der Waals surface area contributed by atoms with Crippen LogP contribution in [0.2, 0.25) is 0 Å². The molecule has 1 spiro atoms. The molecule has 0 radical (unpaired) electrons. The molecule has 0 saturated carbocycles. The number of amides is 5. The van der Waals surface area contributed by atoms with E-state index in [0.29, 0.717) is 31.7 Å². The molecule has 2 heterocycles. The maximum Gasteiger partial charge on any atom is 0.322 e. The van der Waals surface area contributed by atoms with Gasteiger partial charge in [0, 0.05) is 20.0 Å². The first-order valence-electron chi connectivity index (χ1n) is 9.15. The van der Waals surface area contributed by atoms with Gasteiger partial charge < -0.3 is 20.3 Å². The maximum absolute atomic E-state index is 12.8. The van der Waals surface area contributed by atoms with E-state index < -0.39 is 17.6 Å². The zero-order valence-electron chi connectivity index (χ0n) is 15.9. The molecule has 28 heavy (non-hydrogen) atoms. The number of carbonyl (C=O) groups excluding carboxylic acids is 4. The third kappa shape index (κ3) is 4.08. The Morgan fingerprint density at radius 1 is 1.21 bits per heavy atom. The Kier molecular flexibility index (Phi) is 5.53. The summed E-state index contributed by atoms with van der Waals surface area (Å²) < 4.78 is 5.14. The summed E-state index contributed by atoms with van der Waals surface area (Å²) in [5.41, 5.74) is -0.110. The molecule has 1 aromatic carbocycles. The second-order valence-corrected chi connectivity index (χ2v) is 7.10. The standard InChI is InChI=1S/C19H24N4O5/c1-12(24)20-15(13-3-5-14(28-2)6-4-13)11-16(25)23-9-7-19(8-10-23)17(26)21-18(27)22-19/h3-6,15H,7-11H2,1-2H3,(H,20,24)(H2,21,22,26,27)/t15-/m0/s1. The number of carbonyl (C=O) groups is 4. The van der Waals surface area contributed by atoms with Crippen molar-refractivity contribution in [1.29, 1.82) is 0 Å². The number of nitrogens with zero attached hydrogens (tertiary/aromatic N) is 1. The minimum Gasteiger partial charge on any atom is -0.497 e. The van der Waals surface area contributed by atoms with Gasteiger partial charge in [-0.2, -0.15) is 0 Å². The van der Waals surface area contributed by atoms with Crippen molar-refractivity contribution >= 4 is 23.8 Å². The molecule has 2 aliphatic heterocycles. The Labute approximate surface area is 162 Å². The van der Waals surface area contributed by atoms with Crippen LogP contribution in [-0.2, 0) is 14.4 Å². The average molecular weight is 388 g/mol. The molecule has 0 unspecified atom stereocenters. The molecule has 3 N–H and O–H groups in total. The fourth-order valence-corrected chi connectivity index (χ4v) is 3.66. The SMILES string of the molecule is COc1ccc([C@H](CC(=O)N2CCC3(CC2)NC(=O)NC3=O)NC(C)=O)cc1. The fraction of sp³-hybridized carbons (Fsp3) is 0.474. The monoisotopic (exact) mass is 388 g/mol. The van der Waals surface area contributed by atoms with E-state index in [9.17, 15) is 19.2 Å². The largest absolute Gasteiger partial charge is 0.497 e. The number of methoxy groups -OCH3 is 1. The predicted molar refractivity (Wildman–Crippen MR) is 99.4 cm³/mol. The van der Waals surface area contributed by atoms with Gasteiger partial charge in [0.15, 0.2) is 0 Å². The van der Waals surface area contributed by atoms with Crippen molar-refractivity contribution in [3.8, 4) is 5.75 Å². The molecule has 0 aromatic heterocycles. The van der Waals surface area contributed by atoms with E-state index in [1.54, 1.807) is 24.1 Å². The first-order chi connectivity index (χ1) is 13.3. The van der Waals surface area contributed by atoms with Gasteiger partial charge in [-0.25, -0.2) is 4.79 Å². The van der Waals surface area contributed by atoms with Crippen molar-refractivity contribution in [2.75, 3.05) is 20.2 Å². The van der Waals surface area contributed by atoms with Gasteiger partial charge in [-0.05, 0) is 30.5 Å². The predicted octanol–water partition coefficient (Wildman–Crippen LogP) is 0.463. The summed E-state index contributed by atoms with van der Waals surface area (Å²) >= 11 is 0. The number of piperidine rings is 1. The molecule has 0 aliphatic carbocycles. The molecule has 150 valence electrons. The van der Waals surface area contributed by atoms with Gasteiger partial charge >= 0.3 is 6.03 Å². The van der Waals surface area contributed by atoms with Gasteiger partial charge in [0.2, 0.25) is 11.8 Å². The van der Waals surface area contributed by atoms with Crippen LogP contribution in [-0.4, -0.2) is 54.4 Å². The minimum absolute atomic E-state index is 0.109. The van der Waals surface area contributed by atoms with Gasteiger partial charge in [-0.1, -0.05) is 12.1 Å². The lowest BCUT2D eigenvalue weighted by Gasteiger charge is -2.37. The molecular formula is C19H24N4O5. The molecule has 1 aromatic rings. The molecule has 2 fully saturated rings. The summed E-state index contributed by atoms with van der Waals surface area (Å²) in [5.74, 6) is 0.0135. The summed E-state index contributed by atoms with van der Waals surface area (Å²) in [5, 5.41) is 7.75. The van der Waals surface area contributed by atoms with Gasteiger partial charge in [0.25, 0.3) is 5.91 Å². The molecule has 2 aliphatic rings. The fourth-order valence-electron chi connectivity index (χ4n) is 3.66. The summed E-state index contributed by atoms with van der Waals surface area (Å²) in [4.78, 5) is 49.5. The number of urea groups is 1. The van der Waals surface area contributed by atoms with E-state index in [-0.39, 0.29) is 24.1 Å². The number of likely N-dealkylation sites (tertiary alicyclic amines) is 1. The number of hydrogen-bond donors (Lipinski definition) is 3. The second-order valence-electron chi connectivity index (χ2n) is 7.10. The first kappa shape index (κ1) is 19.7. The number of nitrogens with one attached hydrogen (secondary N) is 3. The molecule has 1 atom stereocenters. The van der Waals surface area contributed by atoms with Crippen LogP contribution in [0.4, 0.5) is 4.79 Å². The Bertz CT molecular complexity index is 784. The summed E-state index contributed by atoms with van der Waals surface area (Å²) in [7, 11) is 1.57. The van der Waals surface area contributed by atoms with Crippen molar-refractivity contribution in [2.24, 2.45) is 0 Å². The van der Waals surface area contributed by atoms with Gasteiger partial charge in [-0.15, -0.1) is 0 Å². The molecular weight excluding hydrogens is 364 g/mol. The lowest BCUT2D eigenvalue weighted by Crippen LogP contribution is -2.56. The van der Waals surface area contributed by atoms with E-state index >= 15 is 0 Å². The lowest BCUT2D eigenvalue weighted by molar-refractivity contribution is -0.136. The van der Waals surface area contributed by atoms with Gasteiger partial charge in [0.05, 0.1) is 19.6 Å². The molecule has 3 rings (SSSR count). The highest BCUT2D eigenvalue weighted by molar-refractivity contribution is 6.07. The first-order valence-corrected chi connectivity index (χ1v) is 9.15. The molecule has 0 bridgehead atoms. The van der Waals surface area contributed by atoms with Crippen LogP contribution in [0, 0.1) is 0 Å². The van der Waals surface area contributed by atoms with Crippen molar-refractivity contribution in [3.63, 3.8) is 0 Å². The number of rotatable bonds is 5. The van der Waals surface area contributed by atoms with E-state index in [2.05, 4.69) is 16.0 Å². The number of imide groups is 1. The highest BCUT2D eigenvalue weighted by Gasteiger charge is 2.48. The Morgan fingerprint density at radius 2 is 1.86 bits per heavy atom. The zero-order valence-corrected chi connectivity index (χ0v) is 15.9. The van der Waals surface area contributed by atoms with Crippen molar-refractivity contribution < 1.29 is 23.9 Å². The van der Waals surface area contributed by atoms with Crippen LogP contribution in [0.1, 0.15) is 37.8 Å². The number of ether oxygens (including phenoxy) is 1. The highest BCUT2D eigenvalue weighted by atomic mass is 16.5. The number of benzene rings is 1. The Hall–Kier alpha value is -3.10. The van der Waals surface area contributed by atoms with Crippen LogP contribution < -0.4 is 20.7 Å². The van der Waals surface area contributed by atoms with Crippen molar-refractivity contribution in [2.45, 2.75) is 37.8 Å². The maximum atomic E-state index is 12.8. The van der Waals surface area contributed by atoms with Crippen LogP contribution in [0.3, 0.4) is 0 Å². The average Bonchev–Trinajstić information content (AvgIpc) is 2.94. The Balaban J connectivity index is 1.64. The molecule has 5 amide bonds. The van der Waals surface area contributed by atoms with Crippen LogP contribution in [0.25, 0.3) is 0 Å². The van der Waals surface area contributed by atoms with Crippen LogP contribution in [0.5, 0.6) is 5.75 Å². The lowest BCUT2D eigenvalue weighted by atomic mass is 9.87. The normalized spacial score (nSPS) is 19.0. The van der Waals surface area contributed by atoms with E-state index in [1.807, 2.05) is 12.1 Å². The molecule has 9 nitrogen and oxygen atoms in total. The summed E-state index contributed by atoms with van der Waals surface area (Å²) in [6.45, 7) is 2.14. The molecule has 9 heteroatoms.